The van der Waals surface area contributed by atoms with Crippen LogP contribution in [0.25, 0.3) is 0 Å². The molecule has 0 spiro atoms. The van der Waals surface area contributed by atoms with Gasteiger partial charge in [0.2, 0.25) is 3.79 Å². The molecule has 2 rings (SSSR count). The summed E-state index contributed by atoms with van der Waals surface area (Å²) >= 11 is 23.1. The van der Waals surface area contributed by atoms with Crippen molar-refractivity contribution in [3.8, 4) is 0 Å². The van der Waals surface area contributed by atoms with Gasteiger partial charge in [0.25, 0.3) is 15.7 Å². The van der Waals surface area contributed by atoms with Crippen LogP contribution < -0.4 is 21.3 Å². The lowest BCUT2D eigenvalue weighted by atomic mass is 10.1. The van der Waals surface area contributed by atoms with Gasteiger partial charge in [-0.05, 0) is 56.4 Å². The number of amides is 1. The first-order valence-electron chi connectivity index (χ1n) is 9.77. The molecule has 0 aromatic heterocycles. The van der Waals surface area contributed by atoms with Gasteiger partial charge < -0.3 is 21.3 Å². The van der Waals surface area contributed by atoms with Gasteiger partial charge in [-0.15, -0.1) is 0 Å². The minimum atomic E-state index is -5.61. The summed E-state index contributed by atoms with van der Waals surface area (Å²) in [4.78, 5) is 11.6. The van der Waals surface area contributed by atoms with E-state index in [2.05, 4.69) is 21.3 Å². The highest BCUT2D eigenvalue weighted by atomic mass is 35.6. The molecule has 2 aromatic rings. The minimum absolute atomic E-state index is 0.0948. The number of carbonyl (C=O) groups is 1. The van der Waals surface area contributed by atoms with Gasteiger partial charge in [0.05, 0.1) is 16.3 Å². The molecule has 0 radical (unpaired) electrons. The molecule has 0 saturated heterocycles. The summed E-state index contributed by atoms with van der Waals surface area (Å²) in [6.45, 7) is 3.93. The SMILES string of the molecule is CCNc1ccc(S(=O)(=O)C(F)(F)F)cc1NC(=S)NC(NC(=O)c1ccc(C)cc1)C(Cl)(Cl)Cl. The molecule has 1 amide bonds. The van der Waals surface area contributed by atoms with Crippen LogP contribution in [-0.4, -0.2) is 41.4 Å². The number of hydrogen-bond donors (Lipinski definition) is 4. The highest BCUT2D eigenvalue weighted by Crippen LogP contribution is 2.34. The third-order valence-electron chi connectivity index (χ3n) is 4.41. The number of benzene rings is 2. The largest absolute Gasteiger partial charge is 0.501 e. The molecule has 192 valence electrons. The Balaban J connectivity index is 2.29. The van der Waals surface area contributed by atoms with E-state index in [4.69, 9.17) is 47.0 Å². The normalized spacial score (nSPS) is 13.0. The number of sulfone groups is 1. The fraction of sp³-hybridized carbons (Fsp3) is 0.300. The summed E-state index contributed by atoms with van der Waals surface area (Å²) in [6.07, 6.45) is -1.37. The average Bonchev–Trinajstić information content (AvgIpc) is 2.73. The molecule has 0 heterocycles. The summed E-state index contributed by atoms with van der Waals surface area (Å²) < 4.78 is 60.6. The van der Waals surface area contributed by atoms with Gasteiger partial charge in [0, 0.05) is 12.1 Å². The first-order chi connectivity index (χ1) is 16.1. The zero-order valence-electron chi connectivity index (χ0n) is 18.1. The van der Waals surface area contributed by atoms with E-state index in [1.165, 1.54) is 0 Å². The fourth-order valence-corrected chi connectivity index (χ4v) is 4.02. The Hall–Kier alpha value is -1.99. The Labute approximate surface area is 220 Å². The van der Waals surface area contributed by atoms with Crippen molar-refractivity contribution in [2.45, 2.75) is 34.2 Å². The van der Waals surface area contributed by atoms with Crippen molar-refractivity contribution >= 4 is 79.3 Å². The molecular weight excluding hydrogens is 572 g/mol. The number of aryl methyl sites for hydroxylation is 1. The summed E-state index contributed by atoms with van der Waals surface area (Å²) in [6, 6.07) is 9.28. The number of carbonyl (C=O) groups excluding carboxylic acids is 1. The van der Waals surface area contributed by atoms with Gasteiger partial charge in [-0.3, -0.25) is 4.79 Å². The fourth-order valence-electron chi connectivity index (χ4n) is 2.68. The van der Waals surface area contributed by atoms with E-state index in [1.807, 2.05) is 6.92 Å². The van der Waals surface area contributed by atoms with Crippen LogP contribution in [0, 0.1) is 6.92 Å². The molecule has 0 fully saturated rings. The Morgan fingerprint density at radius 3 is 2.14 bits per heavy atom. The Kier molecular flexibility index (Phi) is 9.51. The standard InChI is InChI=1S/C20H20Cl3F3N4O3S2/c1-3-27-14-9-8-13(35(32,33)20(24,25)26)10-15(14)28-18(34)30-17(19(21,22)23)29-16(31)12-6-4-11(2)5-7-12/h4-10,17,27H,3H2,1-2H3,(H,29,31)(H2,28,30,34). The van der Waals surface area contributed by atoms with E-state index >= 15 is 0 Å². The van der Waals surface area contributed by atoms with Crippen molar-refractivity contribution in [2.24, 2.45) is 0 Å². The van der Waals surface area contributed by atoms with Gasteiger partial charge in [-0.2, -0.15) is 13.2 Å². The van der Waals surface area contributed by atoms with Gasteiger partial charge in [-0.1, -0.05) is 52.5 Å². The number of halogens is 6. The second kappa shape index (κ2) is 11.4. The van der Waals surface area contributed by atoms with E-state index < -0.39 is 36.1 Å². The van der Waals surface area contributed by atoms with Crippen molar-refractivity contribution < 1.29 is 26.4 Å². The van der Waals surface area contributed by atoms with E-state index in [-0.39, 0.29) is 22.1 Å². The Bertz CT molecular complexity index is 1190. The summed E-state index contributed by atoms with van der Waals surface area (Å²) in [5, 5.41) is 10.2. The van der Waals surface area contributed by atoms with Crippen molar-refractivity contribution in [1.82, 2.24) is 10.6 Å². The molecule has 1 unspecified atom stereocenters. The summed E-state index contributed by atoms with van der Waals surface area (Å²) in [7, 11) is -5.61. The molecule has 1 atom stereocenters. The summed E-state index contributed by atoms with van der Waals surface area (Å²) in [5.74, 6) is -0.594. The lowest BCUT2D eigenvalue weighted by Crippen LogP contribution is -2.56. The highest BCUT2D eigenvalue weighted by molar-refractivity contribution is 7.92. The Morgan fingerprint density at radius 1 is 1.03 bits per heavy atom. The van der Waals surface area contributed by atoms with Gasteiger partial charge >= 0.3 is 5.51 Å². The third-order valence-corrected chi connectivity index (χ3v) is 6.77. The predicted octanol–water partition coefficient (Wildman–Crippen LogP) is 5.13. The highest BCUT2D eigenvalue weighted by Gasteiger charge is 2.47. The molecule has 4 N–H and O–H groups in total. The quantitative estimate of drug-likeness (QED) is 0.201. The van der Waals surface area contributed by atoms with Crippen LogP contribution in [0.1, 0.15) is 22.8 Å². The number of hydrogen-bond acceptors (Lipinski definition) is 5. The molecule has 0 aliphatic carbocycles. The maximum Gasteiger partial charge on any atom is 0.501 e. The molecule has 0 aliphatic rings. The van der Waals surface area contributed by atoms with Crippen LogP contribution in [-0.2, 0) is 9.84 Å². The monoisotopic (exact) mass is 590 g/mol. The molecule has 15 heteroatoms. The number of alkyl halides is 6. The Morgan fingerprint density at radius 2 is 1.63 bits per heavy atom. The number of thiocarbonyl (C=S) groups is 1. The maximum absolute atomic E-state index is 13.0. The van der Waals surface area contributed by atoms with Crippen LogP contribution in [0.4, 0.5) is 24.5 Å². The molecule has 7 nitrogen and oxygen atoms in total. The third kappa shape index (κ3) is 7.74. The van der Waals surface area contributed by atoms with E-state index in [1.54, 1.807) is 31.2 Å². The smallest absolute Gasteiger partial charge is 0.384 e. The van der Waals surface area contributed by atoms with Crippen LogP contribution in [0.15, 0.2) is 47.4 Å². The van der Waals surface area contributed by atoms with Crippen molar-refractivity contribution in [1.29, 1.82) is 0 Å². The number of anilines is 2. The predicted molar refractivity (Wildman–Crippen MR) is 136 cm³/mol. The zero-order chi connectivity index (χ0) is 26.6. The maximum atomic E-state index is 13.0. The van der Waals surface area contributed by atoms with Gasteiger partial charge in [0.1, 0.15) is 6.17 Å². The van der Waals surface area contributed by atoms with Crippen LogP contribution >= 0.6 is 47.0 Å². The van der Waals surface area contributed by atoms with E-state index in [9.17, 15) is 26.4 Å². The molecule has 35 heavy (non-hydrogen) atoms. The molecule has 0 aliphatic heterocycles. The van der Waals surface area contributed by atoms with Crippen LogP contribution in [0.3, 0.4) is 0 Å². The van der Waals surface area contributed by atoms with Crippen molar-refractivity contribution in [3.63, 3.8) is 0 Å². The first-order valence-corrected chi connectivity index (χ1v) is 12.8. The topological polar surface area (TPSA) is 99.3 Å². The van der Waals surface area contributed by atoms with E-state index in [0.717, 1.165) is 23.8 Å². The molecular formula is C20H20Cl3F3N4O3S2. The number of nitrogens with one attached hydrogen (secondary N) is 4. The lowest BCUT2D eigenvalue weighted by Gasteiger charge is -2.28. The van der Waals surface area contributed by atoms with Gasteiger partial charge in [0.15, 0.2) is 5.11 Å². The van der Waals surface area contributed by atoms with E-state index in [0.29, 0.717) is 6.54 Å². The molecule has 0 bridgehead atoms. The van der Waals surface area contributed by atoms with Crippen LogP contribution in [0.5, 0.6) is 0 Å². The zero-order valence-corrected chi connectivity index (χ0v) is 22.0. The second-order valence-corrected chi connectivity index (χ2v) is 11.8. The van der Waals surface area contributed by atoms with Crippen molar-refractivity contribution in [3.05, 3.63) is 53.6 Å². The van der Waals surface area contributed by atoms with Gasteiger partial charge in [-0.25, -0.2) is 8.42 Å². The average molecular weight is 592 g/mol. The number of rotatable bonds is 7. The van der Waals surface area contributed by atoms with Crippen molar-refractivity contribution in [2.75, 3.05) is 17.2 Å². The second-order valence-electron chi connectivity index (χ2n) is 7.10. The first kappa shape index (κ1) is 29.2. The van der Waals surface area contributed by atoms with Crippen LogP contribution in [0.2, 0.25) is 0 Å². The minimum Gasteiger partial charge on any atom is -0.384 e. The molecule has 2 aromatic carbocycles. The molecule has 0 saturated carbocycles. The lowest BCUT2D eigenvalue weighted by molar-refractivity contribution is -0.0436. The summed E-state index contributed by atoms with van der Waals surface area (Å²) in [5.41, 5.74) is -4.14.